The van der Waals surface area contributed by atoms with Crippen LogP contribution in [0.4, 0.5) is 0 Å². The van der Waals surface area contributed by atoms with E-state index in [0.29, 0.717) is 29.0 Å². The molecule has 0 aliphatic heterocycles. The summed E-state index contributed by atoms with van der Waals surface area (Å²) < 4.78 is 4.85. The van der Waals surface area contributed by atoms with Gasteiger partial charge in [0.25, 0.3) is 5.56 Å². The van der Waals surface area contributed by atoms with Crippen LogP contribution in [-0.2, 0) is 11.3 Å². The molecule has 3 heterocycles. The first-order valence-corrected chi connectivity index (χ1v) is 11.1. The van der Waals surface area contributed by atoms with E-state index >= 15 is 0 Å². The van der Waals surface area contributed by atoms with Crippen LogP contribution in [0.5, 0.6) is 0 Å². The lowest BCUT2D eigenvalue weighted by Crippen LogP contribution is -2.37. The van der Waals surface area contributed by atoms with Gasteiger partial charge in [-0.05, 0) is 43.7 Å². The Morgan fingerprint density at radius 3 is 2.26 bits per heavy atom. The van der Waals surface area contributed by atoms with Crippen LogP contribution in [0.15, 0.2) is 90.0 Å². The summed E-state index contributed by atoms with van der Waals surface area (Å²) in [5.41, 5.74) is 2.51. The molecular formula is C26H24N6O2. The molecule has 5 rings (SSSR count). The van der Waals surface area contributed by atoms with Gasteiger partial charge in [0, 0.05) is 18.9 Å². The quantitative estimate of drug-likeness (QED) is 0.427. The van der Waals surface area contributed by atoms with Crippen molar-refractivity contribution >= 4 is 16.8 Å². The van der Waals surface area contributed by atoms with E-state index in [-0.39, 0.29) is 11.5 Å². The van der Waals surface area contributed by atoms with E-state index in [4.69, 9.17) is 5.10 Å². The normalized spacial score (nSPS) is 12.1. The number of amides is 1. The van der Waals surface area contributed by atoms with Gasteiger partial charge in [0.2, 0.25) is 5.91 Å². The third kappa shape index (κ3) is 3.79. The summed E-state index contributed by atoms with van der Waals surface area (Å²) in [6.45, 7) is 3.85. The zero-order valence-electron chi connectivity index (χ0n) is 18.9. The van der Waals surface area contributed by atoms with E-state index in [9.17, 15) is 9.59 Å². The molecule has 1 atom stereocenters. The van der Waals surface area contributed by atoms with Gasteiger partial charge in [-0.1, -0.05) is 48.5 Å². The third-order valence-electron chi connectivity index (χ3n) is 5.79. The lowest BCUT2D eigenvalue weighted by Gasteiger charge is -2.15. The van der Waals surface area contributed by atoms with E-state index in [2.05, 4.69) is 10.4 Å². The van der Waals surface area contributed by atoms with Gasteiger partial charge < -0.3 is 9.88 Å². The van der Waals surface area contributed by atoms with Crippen LogP contribution >= 0.6 is 0 Å². The van der Waals surface area contributed by atoms with Gasteiger partial charge in [-0.3, -0.25) is 9.59 Å². The van der Waals surface area contributed by atoms with Crippen molar-refractivity contribution < 1.29 is 4.79 Å². The average Bonchev–Trinajstić information content (AvgIpc) is 3.54. The number of aryl methyl sites for hydroxylation is 1. The lowest BCUT2D eigenvalue weighted by molar-refractivity contribution is -0.124. The summed E-state index contributed by atoms with van der Waals surface area (Å²) in [5.74, 6) is 0.322. The van der Waals surface area contributed by atoms with Gasteiger partial charge in [0.15, 0.2) is 5.82 Å². The number of para-hydroxylation sites is 1. The van der Waals surface area contributed by atoms with E-state index in [0.717, 1.165) is 11.3 Å². The minimum atomic E-state index is -0.795. The van der Waals surface area contributed by atoms with Crippen LogP contribution in [-0.4, -0.2) is 30.0 Å². The minimum Gasteiger partial charge on any atom is -0.350 e. The maximum atomic E-state index is 13.7. The smallest absolute Gasteiger partial charge is 0.280 e. The number of benzene rings is 2. The summed E-state index contributed by atoms with van der Waals surface area (Å²) >= 11 is 0. The number of carbonyl (C=O) groups excluding carboxylic acids is 1. The van der Waals surface area contributed by atoms with Crippen molar-refractivity contribution in [1.82, 2.24) is 29.4 Å². The van der Waals surface area contributed by atoms with Gasteiger partial charge in [0.05, 0.1) is 11.4 Å². The summed E-state index contributed by atoms with van der Waals surface area (Å²) in [4.78, 5) is 26.6. The van der Waals surface area contributed by atoms with Crippen molar-refractivity contribution in [1.29, 1.82) is 0 Å². The van der Waals surface area contributed by atoms with Gasteiger partial charge in [-0.15, -0.1) is 0 Å². The molecule has 5 aromatic rings. The van der Waals surface area contributed by atoms with Crippen LogP contribution in [0, 0.1) is 6.92 Å². The molecule has 0 fully saturated rings. The molecule has 34 heavy (non-hydrogen) atoms. The molecule has 0 aliphatic carbocycles. The van der Waals surface area contributed by atoms with Crippen molar-refractivity contribution in [3.63, 3.8) is 0 Å². The fourth-order valence-corrected chi connectivity index (χ4v) is 4.00. The molecule has 0 aliphatic rings. The number of hydrogen-bond acceptors (Lipinski definition) is 4. The highest BCUT2D eigenvalue weighted by atomic mass is 16.2. The van der Waals surface area contributed by atoms with Gasteiger partial charge in [-0.25, -0.2) is 9.36 Å². The molecule has 0 unspecified atom stereocenters. The van der Waals surface area contributed by atoms with E-state index in [1.54, 1.807) is 18.5 Å². The Hall–Kier alpha value is -4.46. The first-order valence-electron chi connectivity index (χ1n) is 11.1. The number of fused-ring (bicyclic) bond motifs is 1. The first kappa shape index (κ1) is 21.4. The Bertz CT molecular complexity index is 1500. The van der Waals surface area contributed by atoms with Gasteiger partial charge in [-0.2, -0.15) is 10.2 Å². The largest absolute Gasteiger partial charge is 0.350 e. The molecule has 0 bridgehead atoms. The molecule has 0 spiro atoms. The Kier molecular flexibility index (Phi) is 5.55. The fourth-order valence-electron chi connectivity index (χ4n) is 4.00. The monoisotopic (exact) mass is 452 g/mol. The molecule has 0 saturated heterocycles. The SMILES string of the molecule is Cc1nn([C@@H](C)C(=O)NCc2ccccc2)c(=O)c2c(-n3cccc3)n(-c3ccccc3)nc12. The molecule has 0 radical (unpaired) electrons. The van der Waals surface area contributed by atoms with Crippen molar-refractivity contribution in [3.05, 3.63) is 107 Å². The Morgan fingerprint density at radius 2 is 1.59 bits per heavy atom. The van der Waals surface area contributed by atoms with Crippen LogP contribution in [0.25, 0.3) is 22.4 Å². The average molecular weight is 453 g/mol. The second-order valence-electron chi connectivity index (χ2n) is 8.10. The van der Waals surface area contributed by atoms with E-state index in [1.807, 2.05) is 89.8 Å². The molecule has 1 N–H and O–H groups in total. The number of hydrogen-bond donors (Lipinski definition) is 1. The molecule has 1 amide bonds. The molecule has 8 nitrogen and oxygen atoms in total. The number of nitrogens with one attached hydrogen (secondary N) is 1. The van der Waals surface area contributed by atoms with Gasteiger partial charge >= 0.3 is 0 Å². The number of nitrogens with zero attached hydrogens (tertiary/aromatic N) is 5. The van der Waals surface area contributed by atoms with Crippen LogP contribution in [0.3, 0.4) is 0 Å². The highest BCUT2D eigenvalue weighted by molar-refractivity contribution is 5.88. The van der Waals surface area contributed by atoms with Crippen molar-refractivity contribution in [2.24, 2.45) is 0 Å². The zero-order valence-corrected chi connectivity index (χ0v) is 18.9. The topological polar surface area (TPSA) is 86.7 Å². The van der Waals surface area contributed by atoms with Gasteiger partial charge in [0.1, 0.15) is 16.9 Å². The van der Waals surface area contributed by atoms with Crippen LogP contribution < -0.4 is 10.9 Å². The highest BCUT2D eigenvalue weighted by Crippen LogP contribution is 2.25. The predicted octanol–water partition coefficient (Wildman–Crippen LogP) is 3.56. The number of aromatic nitrogens is 5. The highest BCUT2D eigenvalue weighted by Gasteiger charge is 2.25. The van der Waals surface area contributed by atoms with E-state index < -0.39 is 6.04 Å². The maximum Gasteiger partial charge on any atom is 0.280 e. The van der Waals surface area contributed by atoms with Crippen LogP contribution in [0.2, 0.25) is 0 Å². The first-order chi connectivity index (χ1) is 16.5. The molecule has 8 heteroatoms. The molecule has 3 aromatic heterocycles. The minimum absolute atomic E-state index is 0.282. The standard InChI is InChI=1S/C26H24N6O2/c1-18-23-22(25(30-15-9-10-16-30)32(29-23)21-13-7-4-8-14-21)26(34)31(28-18)19(2)24(33)27-17-20-11-5-3-6-12-20/h3-16,19H,17H2,1-2H3,(H,27,33)/t19-/m0/s1. The third-order valence-corrected chi connectivity index (χ3v) is 5.79. The maximum absolute atomic E-state index is 13.7. The van der Waals surface area contributed by atoms with Crippen LogP contribution in [0.1, 0.15) is 24.2 Å². The molecular weight excluding hydrogens is 428 g/mol. The fraction of sp³-hybridized carbons (Fsp3) is 0.154. The van der Waals surface area contributed by atoms with E-state index in [1.165, 1.54) is 4.68 Å². The Labute approximate surface area is 196 Å². The molecule has 170 valence electrons. The summed E-state index contributed by atoms with van der Waals surface area (Å²) in [5, 5.41) is 12.5. The molecule has 0 saturated carbocycles. The predicted molar refractivity (Wildman–Crippen MR) is 130 cm³/mol. The summed E-state index contributed by atoms with van der Waals surface area (Å²) in [6.07, 6.45) is 3.73. The zero-order chi connectivity index (χ0) is 23.7. The molecule has 2 aromatic carbocycles. The summed E-state index contributed by atoms with van der Waals surface area (Å²) in [6, 6.07) is 22.2. The lowest BCUT2D eigenvalue weighted by atomic mass is 10.2. The Morgan fingerprint density at radius 1 is 0.941 bits per heavy atom. The summed E-state index contributed by atoms with van der Waals surface area (Å²) in [7, 11) is 0. The Balaban J connectivity index is 1.61. The number of rotatable bonds is 6. The second-order valence-corrected chi connectivity index (χ2v) is 8.10. The van der Waals surface area contributed by atoms with Crippen molar-refractivity contribution in [2.45, 2.75) is 26.4 Å². The number of carbonyl (C=O) groups is 1. The van der Waals surface area contributed by atoms with Crippen molar-refractivity contribution in [3.8, 4) is 11.5 Å². The van der Waals surface area contributed by atoms with Crippen molar-refractivity contribution in [2.75, 3.05) is 0 Å². The second kappa shape index (κ2) is 8.82.